The van der Waals surface area contributed by atoms with Crippen LogP contribution in [0.4, 0.5) is 5.69 Å². The Labute approximate surface area is 131 Å². The fourth-order valence-electron chi connectivity index (χ4n) is 1.81. The maximum Gasteiger partial charge on any atom is 0.247 e. The smallest absolute Gasteiger partial charge is 0.247 e. The molecule has 3 aromatic rings. The van der Waals surface area contributed by atoms with Crippen molar-refractivity contribution in [1.82, 2.24) is 15.2 Å². The number of carbonyl (C=O) groups excluding carboxylic acids is 1. The molecule has 0 aliphatic heterocycles. The molecular formula is C15H12N4O2S. The number of nitrogens with zero attached hydrogens (tertiary/aromatic N) is 3. The zero-order valence-corrected chi connectivity index (χ0v) is 12.3. The highest BCUT2D eigenvalue weighted by Crippen LogP contribution is 2.21. The fraction of sp³-hybridized carbons (Fsp3) is 0.0667. The van der Waals surface area contributed by atoms with Crippen LogP contribution in [0.1, 0.15) is 0 Å². The average Bonchev–Trinajstić information content (AvgIpc) is 3.09. The summed E-state index contributed by atoms with van der Waals surface area (Å²) in [7, 11) is 0. The predicted molar refractivity (Wildman–Crippen MR) is 83.3 cm³/mol. The topological polar surface area (TPSA) is 80.9 Å². The van der Waals surface area contributed by atoms with Crippen LogP contribution in [0.25, 0.3) is 11.5 Å². The molecule has 110 valence electrons. The van der Waals surface area contributed by atoms with Crippen molar-refractivity contribution >= 4 is 23.4 Å². The normalized spacial score (nSPS) is 10.4. The molecule has 6 nitrogen and oxygen atoms in total. The summed E-state index contributed by atoms with van der Waals surface area (Å²) >= 11 is 1.46. The maximum atomic E-state index is 12.0. The highest BCUT2D eigenvalue weighted by molar-refractivity contribution is 8.00. The summed E-state index contributed by atoms with van der Waals surface area (Å²) < 4.78 is 5.14. The molecule has 0 saturated carbocycles. The number of carbonyl (C=O) groups is 1. The molecule has 2 aromatic heterocycles. The van der Waals surface area contributed by atoms with Gasteiger partial charge in [0.15, 0.2) is 0 Å². The molecule has 0 bridgehead atoms. The van der Waals surface area contributed by atoms with E-state index in [9.17, 15) is 4.79 Å². The zero-order chi connectivity index (χ0) is 15.2. The SMILES string of the molecule is O=C(CSc1ccncc1)Nc1cccc(-c2nnco2)c1. The van der Waals surface area contributed by atoms with E-state index in [0.717, 1.165) is 10.5 Å². The number of hydrogen-bond acceptors (Lipinski definition) is 6. The van der Waals surface area contributed by atoms with Crippen LogP contribution in [0.3, 0.4) is 0 Å². The van der Waals surface area contributed by atoms with Gasteiger partial charge in [0.05, 0.1) is 5.75 Å². The summed E-state index contributed by atoms with van der Waals surface area (Å²) in [5, 5.41) is 10.3. The first-order chi connectivity index (χ1) is 10.8. The minimum atomic E-state index is -0.0792. The van der Waals surface area contributed by atoms with Crippen LogP contribution in [-0.4, -0.2) is 26.8 Å². The highest BCUT2D eigenvalue weighted by atomic mass is 32.2. The number of hydrogen-bond donors (Lipinski definition) is 1. The van der Waals surface area contributed by atoms with Crippen LogP contribution < -0.4 is 5.32 Å². The standard InChI is InChI=1S/C15H12N4O2S/c20-14(9-22-13-4-6-16-7-5-13)18-12-3-1-2-11(8-12)15-19-17-10-21-15/h1-8,10H,9H2,(H,18,20). The first kappa shape index (κ1) is 14.3. The number of nitrogens with one attached hydrogen (secondary N) is 1. The number of thioether (sulfide) groups is 1. The molecule has 7 heteroatoms. The van der Waals surface area contributed by atoms with Gasteiger partial charge in [-0.25, -0.2) is 0 Å². The molecule has 0 atom stereocenters. The van der Waals surface area contributed by atoms with Crippen LogP contribution in [0.5, 0.6) is 0 Å². The van der Waals surface area contributed by atoms with E-state index in [2.05, 4.69) is 20.5 Å². The Morgan fingerprint density at radius 3 is 2.86 bits per heavy atom. The Morgan fingerprint density at radius 2 is 2.09 bits per heavy atom. The number of rotatable bonds is 5. The number of aromatic nitrogens is 3. The Balaban J connectivity index is 1.61. The predicted octanol–water partition coefficient (Wildman–Crippen LogP) is 2.86. The van der Waals surface area contributed by atoms with E-state index in [-0.39, 0.29) is 5.91 Å². The summed E-state index contributed by atoms with van der Waals surface area (Å²) in [4.78, 5) is 16.9. The Hall–Kier alpha value is -2.67. The Bertz CT molecular complexity index is 747. The summed E-state index contributed by atoms with van der Waals surface area (Å²) in [6, 6.07) is 11.0. The second kappa shape index (κ2) is 6.86. The van der Waals surface area contributed by atoms with Crippen molar-refractivity contribution in [3.8, 4) is 11.5 Å². The van der Waals surface area contributed by atoms with Crippen molar-refractivity contribution in [2.45, 2.75) is 4.90 Å². The van der Waals surface area contributed by atoms with E-state index < -0.39 is 0 Å². The minimum absolute atomic E-state index is 0.0792. The monoisotopic (exact) mass is 312 g/mol. The van der Waals surface area contributed by atoms with E-state index in [0.29, 0.717) is 17.3 Å². The molecule has 2 heterocycles. The highest BCUT2D eigenvalue weighted by Gasteiger charge is 2.07. The zero-order valence-electron chi connectivity index (χ0n) is 11.5. The summed E-state index contributed by atoms with van der Waals surface area (Å²) in [5.74, 6) is 0.668. The maximum absolute atomic E-state index is 12.0. The third-order valence-electron chi connectivity index (χ3n) is 2.77. The number of amides is 1. The second-order valence-corrected chi connectivity index (χ2v) is 5.39. The van der Waals surface area contributed by atoms with Gasteiger partial charge >= 0.3 is 0 Å². The van der Waals surface area contributed by atoms with Crippen molar-refractivity contribution in [2.24, 2.45) is 0 Å². The molecule has 22 heavy (non-hydrogen) atoms. The van der Waals surface area contributed by atoms with Crippen molar-refractivity contribution in [3.05, 3.63) is 55.2 Å². The molecule has 3 rings (SSSR count). The van der Waals surface area contributed by atoms with Gasteiger partial charge in [-0.1, -0.05) is 6.07 Å². The lowest BCUT2D eigenvalue weighted by molar-refractivity contribution is -0.113. The van der Waals surface area contributed by atoms with Gasteiger partial charge in [-0.2, -0.15) is 0 Å². The lowest BCUT2D eigenvalue weighted by Crippen LogP contribution is -2.13. The third-order valence-corrected chi connectivity index (χ3v) is 3.79. The molecular weight excluding hydrogens is 300 g/mol. The van der Waals surface area contributed by atoms with Gasteiger partial charge in [-0.15, -0.1) is 22.0 Å². The molecule has 0 saturated heterocycles. The lowest BCUT2D eigenvalue weighted by atomic mass is 10.2. The summed E-state index contributed by atoms with van der Waals surface area (Å²) in [6.45, 7) is 0. The fourth-order valence-corrected chi connectivity index (χ4v) is 2.49. The van der Waals surface area contributed by atoms with Crippen LogP contribution >= 0.6 is 11.8 Å². The summed E-state index contributed by atoms with van der Waals surface area (Å²) in [5.41, 5.74) is 1.45. The molecule has 0 radical (unpaired) electrons. The van der Waals surface area contributed by atoms with Crippen LogP contribution in [0, 0.1) is 0 Å². The van der Waals surface area contributed by atoms with Gasteiger partial charge in [0, 0.05) is 28.5 Å². The second-order valence-electron chi connectivity index (χ2n) is 4.34. The Kier molecular flexibility index (Phi) is 4.45. The van der Waals surface area contributed by atoms with Crippen molar-refractivity contribution in [2.75, 3.05) is 11.1 Å². The van der Waals surface area contributed by atoms with E-state index in [1.165, 1.54) is 18.2 Å². The molecule has 0 aliphatic rings. The lowest BCUT2D eigenvalue weighted by Gasteiger charge is -2.06. The van der Waals surface area contributed by atoms with E-state index in [1.54, 1.807) is 18.5 Å². The van der Waals surface area contributed by atoms with Gasteiger partial charge in [-0.05, 0) is 30.3 Å². The Morgan fingerprint density at radius 1 is 1.23 bits per heavy atom. The number of benzene rings is 1. The van der Waals surface area contributed by atoms with Crippen LogP contribution in [-0.2, 0) is 4.79 Å². The molecule has 0 aliphatic carbocycles. The first-order valence-corrected chi connectivity index (χ1v) is 7.49. The van der Waals surface area contributed by atoms with Crippen molar-refractivity contribution < 1.29 is 9.21 Å². The van der Waals surface area contributed by atoms with Gasteiger partial charge in [0.25, 0.3) is 0 Å². The first-order valence-electron chi connectivity index (χ1n) is 6.50. The van der Waals surface area contributed by atoms with E-state index in [4.69, 9.17) is 4.42 Å². The van der Waals surface area contributed by atoms with E-state index >= 15 is 0 Å². The van der Waals surface area contributed by atoms with Gasteiger partial charge in [0.2, 0.25) is 18.2 Å². The molecule has 1 amide bonds. The minimum Gasteiger partial charge on any atom is -0.423 e. The number of anilines is 1. The van der Waals surface area contributed by atoms with Gasteiger partial charge < -0.3 is 9.73 Å². The van der Waals surface area contributed by atoms with Crippen LogP contribution in [0.2, 0.25) is 0 Å². The molecule has 0 spiro atoms. The third kappa shape index (κ3) is 3.70. The van der Waals surface area contributed by atoms with Gasteiger partial charge in [0.1, 0.15) is 0 Å². The largest absolute Gasteiger partial charge is 0.423 e. The quantitative estimate of drug-likeness (QED) is 0.730. The van der Waals surface area contributed by atoms with Gasteiger partial charge in [-0.3, -0.25) is 9.78 Å². The van der Waals surface area contributed by atoms with Crippen molar-refractivity contribution in [3.63, 3.8) is 0 Å². The van der Waals surface area contributed by atoms with E-state index in [1.807, 2.05) is 30.3 Å². The molecule has 0 fully saturated rings. The number of pyridine rings is 1. The molecule has 0 unspecified atom stereocenters. The molecule has 1 aromatic carbocycles. The van der Waals surface area contributed by atoms with Crippen LogP contribution in [0.15, 0.2) is 64.5 Å². The van der Waals surface area contributed by atoms with Crippen molar-refractivity contribution in [1.29, 1.82) is 0 Å². The average molecular weight is 312 g/mol. The molecule has 1 N–H and O–H groups in total. The summed E-state index contributed by atoms with van der Waals surface area (Å²) in [6.07, 6.45) is 4.67.